The van der Waals surface area contributed by atoms with Gasteiger partial charge in [-0.2, -0.15) is 13.2 Å². The van der Waals surface area contributed by atoms with Crippen LogP contribution in [0.1, 0.15) is 16.3 Å². The summed E-state index contributed by atoms with van der Waals surface area (Å²) >= 11 is 1.28. The minimum atomic E-state index is -4.47. The van der Waals surface area contributed by atoms with Crippen LogP contribution in [0.2, 0.25) is 0 Å². The van der Waals surface area contributed by atoms with E-state index in [0.29, 0.717) is 22.7 Å². The molecule has 0 atom stereocenters. The summed E-state index contributed by atoms with van der Waals surface area (Å²) in [6, 6.07) is 2.22. The van der Waals surface area contributed by atoms with Crippen molar-refractivity contribution in [3.05, 3.63) is 34.6 Å². The van der Waals surface area contributed by atoms with E-state index in [-0.39, 0.29) is 12.0 Å². The molecule has 6 nitrogen and oxygen atoms in total. The molecule has 0 unspecified atom stereocenters. The summed E-state index contributed by atoms with van der Waals surface area (Å²) in [6.45, 7) is 1.78. The summed E-state index contributed by atoms with van der Waals surface area (Å²) in [5.41, 5.74) is 0.231. The zero-order chi connectivity index (χ0) is 16.3. The zero-order valence-corrected chi connectivity index (χ0v) is 12.1. The molecule has 0 radical (unpaired) electrons. The maximum Gasteiger partial charge on any atom is 0.433 e. The number of halogens is 3. The minimum absolute atomic E-state index is 0.0285. The fourth-order valence-electron chi connectivity index (χ4n) is 1.69. The first-order valence-corrected chi connectivity index (χ1v) is 6.89. The molecule has 120 valence electrons. The number of rotatable bonds is 5. The Morgan fingerprint density at radius 1 is 1.32 bits per heavy atom. The molecule has 2 aromatic rings. The topological polar surface area (TPSA) is 78.7 Å². The Kier molecular flexibility index (Phi) is 5.08. The quantitative estimate of drug-likeness (QED) is 0.818. The highest BCUT2D eigenvalue weighted by Gasteiger charge is 2.32. The molecule has 0 bridgehead atoms. The van der Waals surface area contributed by atoms with E-state index in [2.05, 4.69) is 14.8 Å². The van der Waals surface area contributed by atoms with Crippen molar-refractivity contribution >= 4 is 11.3 Å². The first-order chi connectivity index (χ1) is 10.3. The predicted molar refractivity (Wildman–Crippen MR) is 70.2 cm³/mol. The van der Waals surface area contributed by atoms with Crippen LogP contribution in [-0.2, 0) is 17.4 Å². The standard InChI is InChI=1S/C12H12F3N3O3S/c1-7-9(4-5-21-18(19)20)22-11(17-7)8-2-3-10(16-6-8)12(13,14)15/h2-3,6,19-20H,4-5H2,1H3. The Morgan fingerprint density at radius 3 is 2.59 bits per heavy atom. The fourth-order valence-corrected chi connectivity index (χ4v) is 2.72. The Balaban J connectivity index is 2.13. The lowest BCUT2D eigenvalue weighted by atomic mass is 10.2. The minimum Gasteiger partial charge on any atom is -0.266 e. The summed E-state index contributed by atoms with van der Waals surface area (Å²) < 4.78 is 37.4. The van der Waals surface area contributed by atoms with Gasteiger partial charge in [-0.3, -0.25) is 20.2 Å². The second-order valence-electron chi connectivity index (χ2n) is 4.29. The summed E-state index contributed by atoms with van der Waals surface area (Å²) in [6.07, 6.45) is -2.96. The van der Waals surface area contributed by atoms with E-state index in [0.717, 1.165) is 17.1 Å². The summed E-state index contributed by atoms with van der Waals surface area (Å²) in [5.74, 6) is 0. The molecule has 0 aromatic carbocycles. The molecule has 2 N–H and O–H groups in total. The molecule has 0 saturated heterocycles. The van der Waals surface area contributed by atoms with Gasteiger partial charge in [0.25, 0.3) is 0 Å². The zero-order valence-electron chi connectivity index (χ0n) is 11.3. The molecule has 0 amide bonds. The van der Waals surface area contributed by atoms with Gasteiger partial charge in [-0.1, -0.05) is 0 Å². The van der Waals surface area contributed by atoms with Gasteiger partial charge in [0.05, 0.1) is 17.7 Å². The van der Waals surface area contributed by atoms with Crippen molar-refractivity contribution in [3.8, 4) is 10.6 Å². The van der Waals surface area contributed by atoms with Crippen LogP contribution in [0.25, 0.3) is 10.6 Å². The number of aromatic nitrogens is 2. The van der Waals surface area contributed by atoms with Crippen LogP contribution in [0.4, 0.5) is 13.2 Å². The Morgan fingerprint density at radius 2 is 2.05 bits per heavy atom. The van der Waals surface area contributed by atoms with Gasteiger partial charge in [0.15, 0.2) is 0 Å². The van der Waals surface area contributed by atoms with Gasteiger partial charge in [0, 0.05) is 23.1 Å². The molecule has 2 heterocycles. The lowest BCUT2D eigenvalue weighted by Gasteiger charge is -2.05. The van der Waals surface area contributed by atoms with Crippen molar-refractivity contribution in [3.63, 3.8) is 0 Å². The second-order valence-corrected chi connectivity index (χ2v) is 5.38. The van der Waals surface area contributed by atoms with Gasteiger partial charge >= 0.3 is 6.18 Å². The average molecular weight is 335 g/mol. The van der Waals surface area contributed by atoms with Crippen LogP contribution in [0, 0.1) is 6.92 Å². The lowest BCUT2D eigenvalue weighted by molar-refractivity contribution is -0.492. The van der Waals surface area contributed by atoms with Crippen LogP contribution in [0.3, 0.4) is 0 Å². The largest absolute Gasteiger partial charge is 0.433 e. The summed E-state index contributed by atoms with van der Waals surface area (Å²) in [5, 5.41) is 17.0. The number of hydrogen-bond donors (Lipinski definition) is 2. The average Bonchev–Trinajstić information content (AvgIpc) is 2.79. The SMILES string of the molecule is Cc1nc(-c2ccc(C(F)(F)F)nc2)sc1CCON(O)O. The molecule has 10 heteroatoms. The van der Waals surface area contributed by atoms with Gasteiger partial charge in [-0.05, 0) is 19.1 Å². The highest BCUT2D eigenvalue weighted by atomic mass is 32.1. The van der Waals surface area contributed by atoms with E-state index in [1.54, 1.807) is 6.92 Å². The predicted octanol–water partition coefficient (Wildman–Crippen LogP) is 3.09. The lowest BCUT2D eigenvalue weighted by Crippen LogP contribution is -2.16. The van der Waals surface area contributed by atoms with Gasteiger partial charge in [-0.25, -0.2) is 4.98 Å². The maximum atomic E-state index is 12.5. The number of thiazole rings is 1. The first kappa shape index (κ1) is 16.8. The third-order valence-electron chi connectivity index (χ3n) is 2.73. The molecule has 2 rings (SSSR count). The van der Waals surface area contributed by atoms with Gasteiger partial charge < -0.3 is 0 Å². The number of alkyl halides is 3. The molecular formula is C12H12F3N3O3S. The maximum absolute atomic E-state index is 12.5. The Bertz CT molecular complexity index is 629. The number of pyridine rings is 1. The van der Waals surface area contributed by atoms with Crippen molar-refractivity contribution in [2.24, 2.45) is 0 Å². The van der Waals surface area contributed by atoms with Crippen LogP contribution in [0.15, 0.2) is 18.3 Å². The molecule has 2 aromatic heterocycles. The van der Waals surface area contributed by atoms with E-state index in [9.17, 15) is 13.2 Å². The van der Waals surface area contributed by atoms with Gasteiger partial charge in [0.2, 0.25) is 0 Å². The molecular weight excluding hydrogens is 323 g/mol. The summed E-state index contributed by atoms with van der Waals surface area (Å²) in [4.78, 5) is 13.0. The van der Waals surface area contributed by atoms with Gasteiger partial charge in [-0.15, -0.1) is 11.3 Å². The fraction of sp³-hybridized carbons (Fsp3) is 0.333. The van der Waals surface area contributed by atoms with Crippen LogP contribution in [0.5, 0.6) is 0 Å². The van der Waals surface area contributed by atoms with E-state index in [1.165, 1.54) is 17.4 Å². The molecule has 22 heavy (non-hydrogen) atoms. The smallest absolute Gasteiger partial charge is 0.266 e. The van der Waals surface area contributed by atoms with Crippen LogP contribution in [-0.4, -0.2) is 32.4 Å². The molecule has 0 aliphatic heterocycles. The first-order valence-electron chi connectivity index (χ1n) is 6.08. The van der Waals surface area contributed by atoms with E-state index in [1.807, 2.05) is 0 Å². The number of hydrogen-bond acceptors (Lipinski definition) is 7. The number of aryl methyl sites for hydroxylation is 1. The van der Waals surface area contributed by atoms with Crippen molar-refractivity contribution in [2.75, 3.05) is 6.61 Å². The third kappa shape index (κ3) is 4.21. The van der Waals surface area contributed by atoms with Crippen molar-refractivity contribution in [1.29, 1.82) is 0 Å². The van der Waals surface area contributed by atoms with Crippen molar-refractivity contribution < 1.29 is 28.4 Å². The van der Waals surface area contributed by atoms with E-state index < -0.39 is 11.9 Å². The monoisotopic (exact) mass is 335 g/mol. The normalized spacial score (nSPS) is 12.1. The van der Waals surface area contributed by atoms with Crippen molar-refractivity contribution in [1.82, 2.24) is 15.4 Å². The van der Waals surface area contributed by atoms with Crippen molar-refractivity contribution in [2.45, 2.75) is 19.5 Å². The molecule has 0 saturated carbocycles. The molecule has 0 aliphatic carbocycles. The second kappa shape index (κ2) is 6.67. The van der Waals surface area contributed by atoms with Crippen LogP contribution >= 0.6 is 11.3 Å². The summed E-state index contributed by atoms with van der Waals surface area (Å²) in [7, 11) is 0. The van der Waals surface area contributed by atoms with E-state index in [4.69, 9.17) is 10.4 Å². The van der Waals surface area contributed by atoms with Crippen LogP contribution < -0.4 is 0 Å². The highest BCUT2D eigenvalue weighted by Crippen LogP contribution is 2.31. The Hall–Kier alpha value is -1.59. The number of nitrogens with zero attached hydrogens (tertiary/aromatic N) is 3. The third-order valence-corrected chi connectivity index (χ3v) is 4.00. The van der Waals surface area contributed by atoms with E-state index >= 15 is 0 Å². The highest BCUT2D eigenvalue weighted by molar-refractivity contribution is 7.15. The molecule has 0 aliphatic rings. The van der Waals surface area contributed by atoms with Gasteiger partial charge in [0.1, 0.15) is 10.7 Å². The Labute approximate surface area is 127 Å². The molecule has 0 spiro atoms. The molecule has 0 fully saturated rings.